The second-order valence-corrected chi connectivity index (χ2v) is 4.46. The van der Waals surface area contributed by atoms with Gasteiger partial charge in [0.05, 0.1) is 17.6 Å². The Morgan fingerprint density at radius 1 is 1.60 bits per heavy atom. The lowest BCUT2D eigenvalue weighted by Crippen LogP contribution is -2.42. The predicted molar refractivity (Wildman–Crippen MR) is 74.9 cm³/mol. The monoisotopic (exact) mass is 301 g/mol. The van der Waals surface area contributed by atoms with Crippen molar-refractivity contribution in [3.8, 4) is 5.75 Å². The Bertz CT molecular complexity index is 496. The standard InChI is InChI=1S/C12H16ClN3O4/c1-2-15-9(12(14)17)5-6-20-11-7-8(13)3-4-10(11)16(18)19/h3-4,7,9,15H,2,5-6H2,1H3,(H2,14,17). The molecular weight excluding hydrogens is 286 g/mol. The number of benzene rings is 1. The number of hydrogen-bond acceptors (Lipinski definition) is 5. The molecule has 0 fully saturated rings. The number of carbonyl (C=O) groups excluding carboxylic acids is 1. The van der Waals surface area contributed by atoms with Gasteiger partial charge in [-0.25, -0.2) is 0 Å². The zero-order chi connectivity index (χ0) is 15.1. The van der Waals surface area contributed by atoms with Crippen molar-refractivity contribution < 1.29 is 14.5 Å². The van der Waals surface area contributed by atoms with E-state index < -0.39 is 16.9 Å². The van der Waals surface area contributed by atoms with E-state index in [1.807, 2.05) is 6.92 Å². The van der Waals surface area contributed by atoms with E-state index in [-0.39, 0.29) is 18.0 Å². The SMILES string of the molecule is CCNC(CCOc1cc(Cl)ccc1[N+](=O)[O-])C(N)=O. The minimum Gasteiger partial charge on any atom is -0.487 e. The van der Waals surface area contributed by atoms with E-state index in [2.05, 4.69) is 5.32 Å². The van der Waals surface area contributed by atoms with E-state index in [0.29, 0.717) is 18.0 Å². The summed E-state index contributed by atoms with van der Waals surface area (Å²) in [5.41, 5.74) is 5.05. The number of ether oxygens (including phenoxy) is 1. The van der Waals surface area contributed by atoms with Crippen molar-refractivity contribution in [2.24, 2.45) is 5.73 Å². The Labute approximate surface area is 121 Å². The van der Waals surface area contributed by atoms with E-state index in [4.69, 9.17) is 22.1 Å². The number of nitrogens with two attached hydrogens (primary N) is 1. The summed E-state index contributed by atoms with van der Waals surface area (Å²) in [6, 6.07) is 3.52. The molecule has 1 unspecified atom stereocenters. The minimum absolute atomic E-state index is 0.0715. The first-order valence-electron chi connectivity index (χ1n) is 6.05. The molecule has 3 N–H and O–H groups in total. The van der Waals surface area contributed by atoms with Gasteiger partial charge in [-0.2, -0.15) is 0 Å². The number of hydrogen-bond donors (Lipinski definition) is 2. The molecule has 0 aliphatic rings. The molecule has 0 saturated heterocycles. The molecule has 0 aliphatic carbocycles. The molecule has 7 nitrogen and oxygen atoms in total. The number of rotatable bonds is 8. The fraction of sp³-hybridized carbons (Fsp3) is 0.417. The summed E-state index contributed by atoms with van der Waals surface area (Å²) in [7, 11) is 0. The van der Waals surface area contributed by atoms with Gasteiger partial charge in [-0.05, 0) is 12.6 Å². The van der Waals surface area contributed by atoms with E-state index in [1.54, 1.807) is 0 Å². The largest absolute Gasteiger partial charge is 0.487 e. The average molecular weight is 302 g/mol. The highest BCUT2D eigenvalue weighted by atomic mass is 35.5. The van der Waals surface area contributed by atoms with Crippen LogP contribution in [0, 0.1) is 10.1 Å². The van der Waals surface area contributed by atoms with Gasteiger partial charge in [-0.15, -0.1) is 0 Å². The normalized spacial score (nSPS) is 11.9. The number of nitro groups is 1. The molecule has 0 radical (unpaired) electrons. The van der Waals surface area contributed by atoms with Gasteiger partial charge >= 0.3 is 5.69 Å². The van der Waals surface area contributed by atoms with Gasteiger partial charge in [0, 0.05) is 23.6 Å². The van der Waals surface area contributed by atoms with Crippen LogP contribution in [0.4, 0.5) is 5.69 Å². The molecule has 0 aliphatic heterocycles. The summed E-state index contributed by atoms with van der Waals surface area (Å²) < 4.78 is 5.33. The smallest absolute Gasteiger partial charge is 0.311 e. The van der Waals surface area contributed by atoms with Crippen molar-refractivity contribution in [3.63, 3.8) is 0 Å². The predicted octanol–water partition coefficient (Wildman–Crippen LogP) is 1.48. The molecule has 1 aromatic carbocycles. The van der Waals surface area contributed by atoms with Gasteiger partial charge in [0.2, 0.25) is 5.91 Å². The van der Waals surface area contributed by atoms with Crippen molar-refractivity contribution in [3.05, 3.63) is 33.3 Å². The molecular formula is C12H16ClN3O4. The van der Waals surface area contributed by atoms with Gasteiger partial charge in [0.25, 0.3) is 0 Å². The first-order valence-corrected chi connectivity index (χ1v) is 6.43. The summed E-state index contributed by atoms with van der Waals surface area (Å²) in [5, 5.41) is 14.1. The first-order chi connectivity index (χ1) is 9.45. The van der Waals surface area contributed by atoms with Crippen molar-refractivity contribution in [1.29, 1.82) is 0 Å². The minimum atomic E-state index is -0.554. The lowest BCUT2D eigenvalue weighted by atomic mass is 10.2. The Balaban J connectivity index is 2.67. The van der Waals surface area contributed by atoms with E-state index in [9.17, 15) is 14.9 Å². The number of likely N-dealkylation sites (N-methyl/N-ethyl adjacent to an activating group) is 1. The third-order valence-corrected chi connectivity index (χ3v) is 2.81. The topological polar surface area (TPSA) is 107 Å². The molecule has 0 spiro atoms. The fourth-order valence-corrected chi connectivity index (χ4v) is 1.79. The lowest BCUT2D eigenvalue weighted by Gasteiger charge is -2.14. The maximum Gasteiger partial charge on any atom is 0.311 e. The molecule has 0 aromatic heterocycles. The summed E-state index contributed by atoms with van der Waals surface area (Å²) in [6.45, 7) is 2.55. The number of nitro benzene ring substituents is 1. The van der Waals surface area contributed by atoms with Crippen LogP contribution in [-0.4, -0.2) is 30.0 Å². The molecule has 110 valence electrons. The van der Waals surface area contributed by atoms with Crippen LogP contribution in [0.2, 0.25) is 5.02 Å². The summed E-state index contributed by atoms with van der Waals surface area (Å²) >= 11 is 5.77. The van der Waals surface area contributed by atoms with Gasteiger partial charge in [-0.1, -0.05) is 18.5 Å². The van der Waals surface area contributed by atoms with Crippen molar-refractivity contribution in [1.82, 2.24) is 5.32 Å². The lowest BCUT2D eigenvalue weighted by molar-refractivity contribution is -0.385. The Kier molecular flexibility index (Phi) is 6.20. The highest BCUT2D eigenvalue weighted by molar-refractivity contribution is 6.30. The second-order valence-electron chi connectivity index (χ2n) is 4.02. The number of nitrogens with zero attached hydrogens (tertiary/aromatic N) is 1. The van der Waals surface area contributed by atoms with Crippen LogP contribution in [0.1, 0.15) is 13.3 Å². The van der Waals surface area contributed by atoms with Crippen LogP contribution in [-0.2, 0) is 4.79 Å². The molecule has 1 atom stereocenters. The van der Waals surface area contributed by atoms with Crippen molar-refractivity contribution in [2.75, 3.05) is 13.2 Å². The third-order valence-electron chi connectivity index (χ3n) is 2.58. The third kappa shape index (κ3) is 4.67. The van der Waals surface area contributed by atoms with Crippen LogP contribution in [0.15, 0.2) is 18.2 Å². The molecule has 1 aromatic rings. The van der Waals surface area contributed by atoms with Crippen molar-refractivity contribution in [2.45, 2.75) is 19.4 Å². The summed E-state index contributed by atoms with van der Waals surface area (Å²) in [5.74, 6) is -0.418. The molecule has 0 heterocycles. The number of amides is 1. The Hall–Kier alpha value is -1.86. The average Bonchev–Trinajstić information content (AvgIpc) is 2.37. The van der Waals surface area contributed by atoms with Crippen LogP contribution in [0.5, 0.6) is 5.75 Å². The highest BCUT2D eigenvalue weighted by Gasteiger charge is 2.17. The summed E-state index contributed by atoms with van der Waals surface area (Å²) in [4.78, 5) is 21.4. The molecule has 0 saturated carbocycles. The zero-order valence-corrected chi connectivity index (χ0v) is 11.7. The Morgan fingerprint density at radius 3 is 2.85 bits per heavy atom. The maximum atomic E-state index is 11.1. The molecule has 1 rings (SSSR count). The highest BCUT2D eigenvalue weighted by Crippen LogP contribution is 2.29. The molecule has 20 heavy (non-hydrogen) atoms. The zero-order valence-electron chi connectivity index (χ0n) is 11.0. The number of nitrogens with one attached hydrogen (secondary N) is 1. The maximum absolute atomic E-state index is 11.1. The molecule has 0 bridgehead atoms. The molecule has 8 heteroatoms. The van der Waals surface area contributed by atoms with Gasteiger partial charge in [0.15, 0.2) is 5.75 Å². The van der Waals surface area contributed by atoms with Crippen molar-refractivity contribution >= 4 is 23.2 Å². The summed E-state index contributed by atoms with van der Waals surface area (Å²) in [6.07, 6.45) is 0.312. The number of primary amides is 1. The first kappa shape index (κ1) is 16.2. The van der Waals surface area contributed by atoms with E-state index >= 15 is 0 Å². The fourth-order valence-electron chi connectivity index (χ4n) is 1.63. The van der Waals surface area contributed by atoms with Crippen LogP contribution in [0.3, 0.4) is 0 Å². The van der Waals surface area contributed by atoms with Gasteiger partial charge < -0.3 is 15.8 Å². The quantitative estimate of drug-likeness (QED) is 0.558. The Morgan fingerprint density at radius 2 is 2.30 bits per heavy atom. The van der Waals surface area contributed by atoms with E-state index in [1.165, 1.54) is 18.2 Å². The molecule has 1 amide bonds. The second kappa shape index (κ2) is 7.66. The van der Waals surface area contributed by atoms with Gasteiger partial charge in [0.1, 0.15) is 0 Å². The van der Waals surface area contributed by atoms with Gasteiger partial charge in [-0.3, -0.25) is 14.9 Å². The number of halogens is 1. The van der Waals surface area contributed by atoms with Crippen LogP contribution in [0.25, 0.3) is 0 Å². The number of carbonyl (C=O) groups is 1. The van der Waals surface area contributed by atoms with Crippen LogP contribution < -0.4 is 15.8 Å². The van der Waals surface area contributed by atoms with Crippen LogP contribution >= 0.6 is 11.6 Å². The van der Waals surface area contributed by atoms with E-state index in [0.717, 1.165) is 0 Å².